The van der Waals surface area contributed by atoms with Crippen LogP contribution >= 0.6 is 35.0 Å². The van der Waals surface area contributed by atoms with Crippen LogP contribution in [0, 0.1) is 0 Å². The van der Waals surface area contributed by atoms with Gasteiger partial charge in [0.1, 0.15) is 0 Å². The van der Waals surface area contributed by atoms with Crippen LogP contribution in [0.3, 0.4) is 0 Å². The fourth-order valence-corrected chi connectivity index (χ4v) is 5.20. The number of likely N-dealkylation sites (N-methyl/N-ethyl adjacent to an activating group) is 1. The molecular weight excluding hydrogens is 494 g/mol. The van der Waals surface area contributed by atoms with Crippen molar-refractivity contribution in [2.45, 2.75) is 31.1 Å². The molecule has 1 heterocycles. The van der Waals surface area contributed by atoms with E-state index in [1.807, 2.05) is 18.9 Å². The summed E-state index contributed by atoms with van der Waals surface area (Å²) in [6, 6.07) is 7.12. The summed E-state index contributed by atoms with van der Waals surface area (Å²) in [7, 11) is 1.99. The Hall–Kier alpha value is -1.45. The van der Waals surface area contributed by atoms with E-state index >= 15 is 0 Å². The van der Waals surface area contributed by atoms with Crippen LogP contribution in [0.25, 0.3) is 0 Å². The zero-order valence-electron chi connectivity index (χ0n) is 18.4. The van der Waals surface area contributed by atoms with E-state index in [9.17, 15) is 18.0 Å². The first-order valence-electron chi connectivity index (χ1n) is 10.6. The van der Waals surface area contributed by atoms with Crippen LogP contribution < -0.4 is 5.32 Å². The smallest absolute Gasteiger partial charge is 0.348 e. The molecule has 0 radical (unpaired) electrons. The summed E-state index contributed by atoms with van der Waals surface area (Å²) < 4.78 is 41.4. The van der Waals surface area contributed by atoms with Crippen LogP contribution in [-0.4, -0.2) is 54.7 Å². The average molecular weight is 520 g/mol. The summed E-state index contributed by atoms with van der Waals surface area (Å²) in [6.07, 6.45) is -4.55. The van der Waals surface area contributed by atoms with Crippen molar-refractivity contribution in [2.75, 3.05) is 39.0 Å². The van der Waals surface area contributed by atoms with E-state index in [-0.39, 0.29) is 24.2 Å². The molecule has 0 spiro atoms. The number of amides is 1. The highest BCUT2D eigenvalue weighted by Gasteiger charge is 2.34. The van der Waals surface area contributed by atoms with E-state index in [1.54, 1.807) is 12.1 Å². The lowest BCUT2D eigenvalue weighted by Gasteiger charge is -2.33. The van der Waals surface area contributed by atoms with E-state index in [2.05, 4.69) is 10.2 Å². The predicted molar refractivity (Wildman–Crippen MR) is 128 cm³/mol. The van der Waals surface area contributed by atoms with E-state index in [0.717, 1.165) is 35.4 Å². The Bertz CT molecular complexity index is 996. The minimum atomic E-state index is -4.55. The van der Waals surface area contributed by atoms with Crippen LogP contribution in [0.1, 0.15) is 34.0 Å². The van der Waals surface area contributed by atoms with E-state index in [1.165, 1.54) is 23.9 Å². The molecule has 1 saturated heterocycles. The molecule has 0 atom stereocenters. The zero-order valence-corrected chi connectivity index (χ0v) is 20.8. The van der Waals surface area contributed by atoms with Gasteiger partial charge in [0.15, 0.2) is 0 Å². The Morgan fingerprint density at radius 1 is 1.09 bits per heavy atom. The summed E-state index contributed by atoms with van der Waals surface area (Å²) in [5, 5.41) is 3.61. The molecule has 0 bridgehead atoms. The Morgan fingerprint density at radius 3 is 2.42 bits per heavy atom. The number of hydrogen-bond donors (Lipinski definition) is 1. The number of thioether (sulfide) groups is 1. The second-order valence-corrected chi connectivity index (χ2v) is 10.1. The van der Waals surface area contributed by atoms with Gasteiger partial charge in [0, 0.05) is 54.8 Å². The number of hydrogen-bond acceptors (Lipinski definition) is 4. The summed E-state index contributed by atoms with van der Waals surface area (Å²) >= 11 is 13.9. The lowest BCUT2D eigenvalue weighted by molar-refractivity contribution is -0.138. The number of nitrogens with one attached hydrogen (secondary N) is 1. The Kier molecular flexibility index (Phi) is 8.97. The lowest BCUT2D eigenvalue weighted by atomic mass is 10.0. The van der Waals surface area contributed by atoms with E-state index in [0.29, 0.717) is 23.1 Å². The molecule has 1 amide bonds. The molecule has 0 unspecified atom stereocenters. The van der Waals surface area contributed by atoms with E-state index in [4.69, 9.17) is 23.2 Å². The van der Waals surface area contributed by atoms with Crippen molar-refractivity contribution in [1.82, 2.24) is 15.1 Å². The van der Waals surface area contributed by atoms with Crippen LogP contribution in [0.2, 0.25) is 10.0 Å². The third-order valence-electron chi connectivity index (χ3n) is 5.48. The molecule has 1 aliphatic heterocycles. The minimum absolute atomic E-state index is 0.0396. The van der Waals surface area contributed by atoms with Crippen molar-refractivity contribution in [1.29, 1.82) is 0 Å². The Morgan fingerprint density at radius 2 is 1.79 bits per heavy atom. The van der Waals surface area contributed by atoms with Gasteiger partial charge in [-0.25, -0.2) is 0 Å². The van der Waals surface area contributed by atoms with Gasteiger partial charge in [-0.1, -0.05) is 36.2 Å². The highest BCUT2D eigenvalue weighted by molar-refractivity contribution is 7.99. The van der Waals surface area contributed by atoms with Crippen molar-refractivity contribution in [3.63, 3.8) is 0 Å². The number of nitrogens with zero attached hydrogens (tertiary/aromatic N) is 2. The van der Waals surface area contributed by atoms with Gasteiger partial charge in [0.05, 0.1) is 10.6 Å². The molecule has 0 saturated carbocycles. The summed E-state index contributed by atoms with van der Waals surface area (Å²) in [5.74, 6) is 0.182. The quantitative estimate of drug-likeness (QED) is 0.468. The molecule has 2 aromatic rings. The maximum absolute atomic E-state index is 13.8. The van der Waals surface area contributed by atoms with Gasteiger partial charge in [0.2, 0.25) is 0 Å². The lowest BCUT2D eigenvalue weighted by Crippen LogP contribution is -2.44. The highest BCUT2D eigenvalue weighted by Crippen LogP contribution is 2.35. The largest absolute Gasteiger partial charge is 0.416 e. The highest BCUT2D eigenvalue weighted by atomic mass is 35.5. The first-order valence-corrected chi connectivity index (χ1v) is 12.3. The molecule has 180 valence electrons. The van der Waals surface area contributed by atoms with Crippen LogP contribution in [-0.2, 0) is 19.3 Å². The summed E-state index contributed by atoms with van der Waals surface area (Å²) in [4.78, 5) is 17.6. The van der Waals surface area contributed by atoms with Crippen LogP contribution in [0.15, 0.2) is 35.2 Å². The van der Waals surface area contributed by atoms with Crippen molar-refractivity contribution in [3.8, 4) is 0 Å². The SMILES string of the molecule is CCSc1c(Cl)cc(Cl)cc1CNC(=O)c1ccc(CN2CCN(C)CC2)c(C(F)(F)F)c1. The topological polar surface area (TPSA) is 35.6 Å². The number of benzene rings is 2. The fourth-order valence-electron chi connectivity index (χ4n) is 3.69. The van der Waals surface area contributed by atoms with E-state index < -0.39 is 17.6 Å². The van der Waals surface area contributed by atoms with Crippen molar-refractivity contribution in [2.24, 2.45) is 0 Å². The van der Waals surface area contributed by atoms with Gasteiger partial charge >= 0.3 is 6.18 Å². The first kappa shape index (κ1) is 26.2. The van der Waals surface area contributed by atoms with Crippen molar-refractivity contribution >= 4 is 40.9 Å². The number of carbonyl (C=O) groups is 1. The van der Waals surface area contributed by atoms with Gasteiger partial charge in [-0.15, -0.1) is 11.8 Å². The molecule has 1 N–H and O–H groups in total. The molecule has 33 heavy (non-hydrogen) atoms. The number of piperazine rings is 1. The average Bonchev–Trinajstić information content (AvgIpc) is 2.75. The van der Waals surface area contributed by atoms with Crippen molar-refractivity contribution < 1.29 is 18.0 Å². The molecular formula is C23H26Cl2F3N3OS. The van der Waals surface area contributed by atoms with Crippen molar-refractivity contribution in [3.05, 3.63) is 62.6 Å². The number of rotatable bonds is 7. The molecule has 1 aliphatic rings. The second-order valence-electron chi connectivity index (χ2n) is 7.94. The third kappa shape index (κ3) is 7.02. The predicted octanol–water partition coefficient (Wildman–Crippen LogP) is 5.80. The second kappa shape index (κ2) is 11.3. The Labute approximate surface area is 206 Å². The van der Waals surface area contributed by atoms with Gasteiger partial charge < -0.3 is 10.2 Å². The third-order valence-corrected chi connectivity index (χ3v) is 7.17. The molecule has 10 heteroatoms. The van der Waals surface area contributed by atoms with Gasteiger partial charge in [-0.2, -0.15) is 13.2 Å². The normalized spacial score (nSPS) is 15.6. The monoisotopic (exact) mass is 519 g/mol. The molecule has 0 aliphatic carbocycles. The first-order chi connectivity index (χ1) is 15.6. The minimum Gasteiger partial charge on any atom is -0.348 e. The number of carbonyl (C=O) groups excluding carboxylic acids is 1. The zero-order chi connectivity index (χ0) is 24.2. The van der Waals surface area contributed by atoms with Gasteiger partial charge in [-0.3, -0.25) is 9.69 Å². The van der Waals surface area contributed by atoms with Gasteiger partial charge in [0.25, 0.3) is 5.91 Å². The molecule has 3 rings (SSSR count). The molecule has 1 fully saturated rings. The summed E-state index contributed by atoms with van der Waals surface area (Å²) in [5.41, 5.74) is 0.0756. The number of alkyl halides is 3. The number of halogens is 5. The van der Waals surface area contributed by atoms with Crippen LogP contribution in [0.5, 0.6) is 0 Å². The Balaban J connectivity index is 1.77. The molecule has 4 nitrogen and oxygen atoms in total. The molecule has 0 aromatic heterocycles. The van der Waals surface area contributed by atoms with Gasteiger partial charge in [-0.05, 0) is 48.2 Å². The standard InChI is InChI=1S/C23H26Cl2F3N3OS/c1-3-33-21-17(10-18(24)12-20(21)25)13-29-22(32)15-4-5-16(19(11-15)23(26,27)28)14-31-8-6-30(2)7-9-31/h4-5,10-12H,3,6-9,13-14H2,1-2H3,(H,29,32). The van der Waals surface area contributed by atoms with Crippen LogP contribution in [0.4, 0.5) is 13.2 Å². The molecule has 2 aromatic carbocycles. The fraction of sp³-hybridized carbons (Fsp3) is 0.435. The maximum Gasteiger partial charge on any atom is 0.416 e. The summed E-state index contributed by atoms with van der Waals surface area (Å²) in [6.45, 7) is 5.31. The maximum atomic E-state index is 13.8.